The average Bonchev–Trinajstić information content (AvgIpc) is 2.67. The topological polar surface area (TPSA) is 87.7 Å². The molecule has 2 aromatic rings. The Balaban J connectivity index is 1.88. The zero-order valence-electron chi connectivity index (χ0n) is 15.4. The highest BCUT2D eigenvalue weighted by atomic mass is 32.2. The predicted molar refractivity (Wildman–Crippen MR) is 106 cm³/mol. The maximum Gasteiger partial charge on any atom is 0.257 e. The number of carbonyl (C=O) groups excluding carboxylic acids is 1. The number of nitrogens with zero attached hydrogens (tertiary/aromatic N) is 2. The van der Waals surface area contributed by atoms with E-state index in [1.54, 1.807) is 24.2 Å². The lowest BCUT2D eigenvalue weighted by Gasteiger charge is -2.36. The number of rotatable bonds is 4. The first-order valence-corrected chi connectivity index (χ1v) is 10.2. The number of allylic oxidation sites excluding steroid dienone is 2. The summed E-state index contributed by atoms with van der Waals surface area (Å²) in [5, 5.41) is 4.24. The van der Waals surface area contributed by atoms with Crippen LogP contribution in [0.4, 0.5) is 5.82 Å². The second-order valence-electron chi connectivity index (χ2n) is 7.00. The Labute approximate surface area is 161 Å². The lowest BCUT2D eigenvalue weighted by molar-refractivity contribution is -0.122. The van der Waals surface area contributed by atoms with Crippen LogP contribution in [0.15, 0.2) is 46.3 Å². The number of aromatic amines is 1. The van der Waals surface area contributed by atoms with Crippen LogP contribution in [0.1, 0.15) is 50.2 Å². The van der Waals surface area contributed by atoms with Crippen LogP contribution >= 0.6 is 11.8 Å². The fraction of sp³-hybridized carbons (Fsp3) is 0.400. The van der Waals surface area contributed by atoms with E-state index in [4.69, 9.17) is 0 Å². The van der Waals surface area contributed by atoms with Crippen LogP contribution in [-0.4, -0.2) is 26.0 Å². The summed E-state index contributed by atoms with van der Waals surface area (Å²) in [7, 11) is 0. The molecule has 2 aliphatic rings. The monoisotopic (exact) mass is 382 g/mol. The molecule has 0 aromatic carbocycles. The zero-order valence-corrected chi connectivity index (χ0v) is 16.2. The predicted octanol–water partition coefficient (Wildman–Crippen LogP) is 3.48. The number of hydrogen-bond acceptors (Lipinski definition) is 6. The number of carbonyl (C=O) groups is 1. The molecule has 2 N–H and O–H groups in total. The molecule has 27 heavy (non-hydrogen) atoms. The van der Waals surface area contributed by atoms with Gasteiger partial charge in [-0.2, -0.15) is 0 Å². The number of nitrogens with one attached hydrogen (secondary N) is 2. The molecule has 0 radical (unpaired) electrons. The molecule has 4 rings (SSSR count). The summed E-state index contributed by atoms with van der Waals surface area (Å²) < 4.78 is 0. The Morgan fingerprint density at radius 2 is 2.04 bits per heavy atom. The lowest BCUT2D eigenvalue weighted by Crippen LogP contribution is -2.38. The Bertz CT molecular complexity index is 954. The molecule has 2 aromatic heterocycles. The second-order valence-corrected chi connectivity index (χ2v) is 8.42. The minimum Gasteiger partial charge on any atom is -0.343 e. The van der Waals surface area contributed by atoms with Crippen LogP contribution in [0.5, 0.6) is 0 Å². The van der Waals surface area contributed by atoms with Crippen molar-refractivity contribution in [1.82, 2.24) is 15.0 Å². The van der Waals surface area contributed by atoms with Crippen molar-refractivity contribution < 1.29 is 4.79 Å². The van der Waals surface area contributed by atoms with Crippen molar-refractivity contribution in [2.45, 2.75) is 49.4 Å². The number of ketones is 1. The number of anilines is 1. The van der Waals surface area contributed by atoms with Crippen molar-refractivity contribution in [3.8, 4) is 0 Å². The van der Waals surface area contributed by atoms with Gasteiger partial charge in [0.05, 0.1) is 11.5 Å². The van der Waals surface area contributed by atoms with Gasteiger partial charge in [0.15, 0.2) is 5.16 Å². The van der Waals surface area contributed by atoms with E-state index < -0.39 is 0 Å². The van der Waals surface area contributed by atoms with Crippen LogP contribution in [0.25, 0.3) is 0 Å². The van der Waals surface area contributed by atoms with Gasteiger partial charge in [-0.1, -0.05) is 31.7 Å². The van der Waals surface area contributed by atoms with Crippen molar-refractivity contribution in [3.63, 3.8) is 0 Å². The van der Waals surface area contributed by atoms with E-state index in [2.05, 4.69) is 40.2 Å². The summed E-state index contributed by atoms with van der Waals surface area (Å²) >= 11 is 1.55. The van der Waals surface area contributed by atoms with Crippen molar-refractivity contribution in [1.29, 1.82) is 0 Å². The van der Waals surface area contributed by atoms with Gasteiger partial charge < -0.3 is 10.3 Å². The van der Waals surface area contributed by atoms with Crippen LogP contribution in [-0.2, 0) is 4.79 Å². The number of aromatic nitrogens is 3. The number of thioether (sulfide) groups is 1. The summed E-state index contributed by atoms with van der Waals surface area (Å²) in [5.74, 6) is 0.000279. The summed E-state index contributed by atoms with van der Waals surface area (Å²) in [6.07, 6.45) is 7.66. The minimum absolute atomic E-state index is 0.157. The van der Waals surface area contributed by atoms with Crippen molar-refractivity contribution in [2.75, 3.05) is 5.32 Å². The van der Waals surface area contributed by atoms with Crippen LogP contribution in [0, 0.1) is 5.92 Å². The average molecular weight is 382 g/mol. The Kier molecular flexibility index (Phi) is 4.86. The number of fused-ring (bicyclic) bond motifs is 2. The molecule has 0 fully saturated rings. The Morgan fingerprint density at radius 3 is 2.78 bits per heavy atom. The quantitative estimate of drug-likeness (QED) is 0.622. The number of H-pyrrole nitrogens is 1. The maximum atomic E-state index is 13.0. The van der Waals surface area contributed by atoms with Gasteiger partial charge in [-0.3, -0.25) is 14.6 Å². The minimum atomic E-state index is -0.371. The standard InChI is InChI=1S/C20H22N4O2S/c1-3-11(2)27-20-23-18-17(19(26)24-20)15(12-7-9-21-10-8-12)16-13(22-18)5-4-6-14(16)25/h5,7-11,15-16H,3-4,6H2,1-2H3,(H2,22,23,24,26)/t11-,15+,16+/m0/s1. The fourth-order valence-corrected chi connectivity index (χ4v) is 4.57. The van der Waals surface area contributed by atoms with E-state index >= 15 is 0 Å². The highest BCUT2D eigenvalue weighted by Crippen LogP contribution is 2.44. The van der Waals surface area contributed by atoms with Crippen molar-refractivity contribution >= 4 is 23.4 Å². The summed E-state index contributed by atoms with van der Waals surface area (Å²) in [6, 6.07) is 3.75. The van der Waals surface area contributed by atoms with Gasteiger partial charge in [0.1, 0.15) is 11.6 Å². The van der Waals surface area contributed by atoms with Gasteiger partial charge in [-0.05, 0) is 30.5 Å². The van der Waals surface area contributed by atoms with Gasteiger partial charge in [0, 0.05) is 35.7 Å². The van der Waals surface area contributed by atoms with E-state index in [-0.39, 0.29) is 23.2 Å². The molecule has 7 heteroatoms. The van der Waals surface area contributed by atoms with E-state index in [1.165, 1.54) is 0 Å². The number of Topliss-reactive ketones (excluding diaryl/α,β-unsaturated/α-hetero) is 1. The van der Waals surface area contributed by atoms with Gasteiger partial charge in [-0.25, -0.2) is 4.98 Å². The molecule has 6 nitrogen and oxygen atoms in total. The smallest absolute Gasteiger partial charge is 0.257 e. The summed E-state index contributed by atoms with van der Waals surface area (Å²) in [5.41, 5.74) is 2.12. The SMILES string of the molecule is CC[C@H](C)Sc1nc2c(c(=O)[nH]1)[C@H](c1ccncc1)[C@H]1C(=O)CCC=C1N2. The summed E-state index contributed by atoms with van der Waals surface area (Å²) in [6.45, 7) is 4.21. The summed E-state index contributed by atoms with van der Waals surface area (Å²) in [4.78, 5) is 37.5. The van der Waals surface area contributed by atoms with Crippen LogP contribution < -0.4 is 10.9 Å². The molecular formula is C20H22N4O2S. The molecule has 0 saturated heterocycles. The van der Waals surface area contributed by atoms with Crippen molar-refractivity contribution in [3.05, 3.63) is 57.8 Å². The van der Waals surface area contributed by atoms with Gasteiger partial charge in [0.25, 0.3) is 5.56 Å². The zero-order chi connectivity index (χ0) is 19.0. The Morgan fingerprint density at radius 1 is 1.26 bits per heavy atom. The molecule has 3 heterocycles. The van der Waals surface area contributed by atoms with Gasteiger partial charge >= 0.3 is 0 Å². The van der Waals surface area contributed by atoms with Gasteiger partial charge in [-0.15, -0.1) is 0 Å². The third-order valence-electron chi connectivity index (χ3n) is 5.23. The normalized spacial score (nSPS) is 22.3. The van der Waals surface area contributed by atoms with E-state index in [9.17, 15) is 9.59 Å². The van der Waals surface area contributed by atoms with E-state index in [0.717, 1.165) is 17.7 Å². The molecule has 0 unspecified atom stereocenters. The highest BCUT2D eigenvalue weighted by molar-refractivity contribution is 7.99. The van der Waals surface area contributed by atoms with Crippen LogP contribution in [0.2, 0.25) is 0 Å². The first kappa shape index (κ1) is 18.0. The molecule has 0 spiro atoms. The first-order chi connectivity index (χ1) is 13.1. The number of pyridine rings is 1. The molecule has 1 aliphatic carbocycles. The van der Waals surface area contributed by atoms with Crippen molar-refractivity contribution in [2.24, 2.45) is 5.92 Å². The molecule has 0 amide bonds. The third kappa shape index (κ3) is 3.32. The fourth-order valence-electron chi connectivity index (χ4n) is 3.73. The lowest BCUT2D eigenvalue weighted by atomic mass is 9.72. The largest absolute Gasteiger partial charge is 0.343 e. The molecular weight excluding hydrogens is 360 g/mol. The Hall–Kier alpha value is -2.41. The van der Waals surface area contributed by atoms with E-state index in [1.807, 2.05) is 12.1 Å². The van der Waals surface area contributed by atoms with E-state index in [0.29, 0.717) is 34.6 Å². The molecule has 0 saturated carbocycles. The van der Waals surface area contributed by atoms with Gasteiger partial charge in [0.2, 0.25) is 0 Å². The first-order valence-electron chi connectivity index (χ1n) is 9.29. The molecule has 0 bridgehead atoms. The highest BCUT2D eigenvalue weighted by Gasteiger charge is 2.42. The molecule has 1 aliphatic heterocycles. The molecule has 3 atom stereocenters. The number of hydrogen-bond donors (Lipinski definition) is 2. The third-order valence-corrected chi connectivity index (χ3v) is 6.38. The second kappa shape index (κ2) is 7.31. The maximum absolute atomic E-state index is 13.0. The molecule has 140 valence electrons. The van der Waals surface area contributed by atoms with Crippen LogP contribution in [0.3, 0.4) is 0 Å².